The summed E-state index contributed by atoms with van der Waals surface area (Å²) >= 11 is 0. The molecule has 102 valence electrons. The van der Waals surface area contributed by atoms with Gasteiger partial charge in [0.1, 0.15) is 0 Å². The van der Waals surface area contributed by atoms with Crippen molar-refractivity contribution in [3.63, 3.8) is 0 Å². The van der Waals surface area contributed by atoms with Crippen molar-refractivity contribution in [1.82, 2.24) is 0 Å². The molecular formula is C15H22BNO2. The van der Waals surface area contributed by atoms with Crippen molar-refractivity contribution in [1.29, 1.82) is 0 Å². The van der Waals surface area contributed by atoms with Crippen molar-refractivity contribution < 1.29 is 9.31 Å². The minimum atomic E-state index is -0.319. The van der Waals surface area contributed by atoms with Crippen molar-refractivity contribution >= 4 is 18.3 Å². The summed E-state index contributed by atoms with van der Waals surface area (Å²) in [5.74, 6) is 0.673. The van der Waals surface area contributed by atoms with Crippen LogP contribution in [-0.4, -0.2) is 18.3 Å². The molecule has 2 aliphatic rings. The molecule has 1 heterocycles. The molecule has 0 amide bonds. The topological polar surface area (TPSA) is 44.5 Å². The van der Waals surface area contributed by atoms with Crippen LogP contribution in [0.2, 0.25) is 0 Å². The van der Waals surface area contributed by atoms with Crippen LogP contribution >= 0.6 is 0 Å². The van der Waals surface area contributed by atoms with Gasteiger partial charge in [0.2, 0.25) is 0 Å². The molecule has 1 saturated carbocycles. The average Bonchev–Trinajstić information content (AvgIpc) is 3.07. The van der Waals surface area contributed by atoms with E-state index in [0.717, 1.165) is 11.2 Å². The Morgan fingerprint density at radius 3 is 2.16 bits per heavy atom. The minimum Gasteiger partial charge on any atom is -0.399 e. The Labute approximate surface area is 115 Å². The minimum absolute atomic E-state index is 0.304. The van der Waals surface area contributed by atoms with Crippen LogP contribution in [0.25, 0.3) is 0 Å². The van der Waals surface area contributed by atoms with Gasteiger partial charge in [-0.05, 0) is 63.5 Å². The van der Waals surface area contributed by atoms with E-state index in [9.17, 15) is 0 Å². The lowest BCUT2D eigenvalue weighted by Gasteiger charge is -2.32. The van der Waals surface area contributed by atoms with Gasteiger partial charge >= 0.3 is 7.12 Å². The first-order chi connectivity index (χ1) is 8.80. The van der Waals surface area contributed by atoms with Crippen LogP contribution in [0.3, 0.4) is 0 Å². The molecule has 0 unspecified atom stereocenters. The van der Waals surface area contributed by atoms with Gasteiger partial charge in [0.25, 0.3) is 0 Å². The summed E-state index contributed by atoms with van der Waals surface area (Å²) in [6.07, 6.45) is 2.53. The van der Waals surface area contributed by atoms with Crippen LogP contribution in [0.1, 0.15) is 52.0 Å². The zero-order chi connectivity index (χ0) is 13.8. The molecule has 3 nitrogen and oxygen atoms in total. The molecule has 19 heavy (non-hydrogen) atoms. The van der Waals surface area contributed by atoms with E-state index in [0.29, 0.717) is 5.92 Å². The number of hydrogen-bond donors (Lipinski definition) is 1. The van der Waals surface area contributed by atoms with Gasteiger partial charge in [-0.3, -0.25) is 0 Å². The zero-order valence-corrected chi connectivity index (χ0v) is 12.2. The summed E-state index contributed by atoms with van der Waals surface area (Å²) in [6, 6.07) is 6.23. The molecular weight excluding hydrogens is 237 g/mol. The number of benzene rings is 1. The molecule has 2 fully saturated rings. The van der Waals surface area contributed by atoms with Crippen LogP contribution in [-0.2, 0) is 9.31 Å². The first-order valence-corrected chi connectivity index (χ1v) is 7.05. The maximum atomic E-state index is 6.15. The molecule has 0 spiro atoms. The van der Waals surface area contributed by atoms with E-state index in [2.05, 4.69) is 39.8 Å². The SMILES string of the molecule is CC1(C)OB(c2ccc(C3CC3)c(N)c2)OC1(C)C. The fourth-order valence-electron chi connectivity index (χ4n) is 2.49. The summed E-state index contributed by atoms with van der Waals surface area (Å²) in [6.45, 7) is 8.26. The zero-order valence-electron chi connectivity index (χ0n) is 12.2. The van der Waals surface area contributed by atoms with Gasteiger partial charge in [0.15, 0.2) is 0 Å². The number of rotatable bonds is 2. The smallest absolute Gasteiger partial charge is 0.399 e. The van der Waals surface area contributed by atoms with Gasteiger partial charge in [-0.1, -0.05) is 12.1 Å². The second-order valence-corrected chi connectivity index (χ2v) is 6.75. The Morgan fingerprint density at radius 1 is 1.11 bits per heavy atom. The summed E-state index contributed by atoms with van der Waals surface area (Å²) in [5, 5.41) is 0. The van der Waals surface area contributed by atoms with E-state index >= 15 is 0 Å². The molecule has 1 aliphatic carbocycles. The molecule has 1 saturated heterocycles. The van der Waals surface area contributed by atoms with Crippen molar-refractivity contribution in [2.45, 2.75) is 57.7 Å². The fourth-order valence-corrected chi connectivity index (χ4v) is 2.49. The summed E-state index contributed by atoms with van der Waals surface area (Å²) in [5.41, 5.74) is 8.71. The van der Waals surface area contributed by atoms with Crippen LogP contribution in [0.4, 0.5) is 5.69 Å². The van der Waals surface area contributed by atoms with E-state index < -0.39 is 0 Å². The Hall–Kier alpha value is -0.995. The van der Waals surface area contributed by atoms with E-state index in [1.54, 1.807) is 0 Å². The van der Waals surface area contributed by atoms with Crippen LogP contribution in [0.5, 0.6) is 0 Å². The molecule has 1 aromatic carbocycles. The lowest BCUT2D eigenvalue weighted by atomic mass is 9.78. The summed E-state index contributed by atoms with van der Waals surface area (Å²) in [7, 11) is -0.319. The van der Waals surface area contributed by atoms with Gasteiger partial charge in [-0.2, -0.15) is 0 Å². The average molecular weight is 259 g/mol. The highest BCUT2D eigenvalue weighted by molar-refractivity contribution is 6.62. The monoisotopic (exact) mass is 259 g/mol. The van der Waals surface area contributed by atoms with Gasteiger partial charge in [0.05, 0.1) is 11.2 Å². The van der Waals surface area contributed by atoms with Crippen LogP contribution < -0.4 is 11.2 Å². The van der Waals surface area contributed by atoms with Crippen LogP contribution in [0, 0.1) is 0 Å². The first kappa shape index (κ1) is 13.0. The second kappa shape index (κ2) is 4.00. The van der Waals surface area contributed by atoms with Crippen LogP contribution in [0.15, 0.2) is 18.2 Å². The maximum Gasteiger partial charge on any atom is 0.494 e. The Kier molecular flexibility index (Phi) is 2.74. The summed E-state index contributed by atoms with van der Waals surface area (Å²) < 4.78 is 12.1. The Balaban J connectivity index is 1.86. The second-order valence-electron chi connectivity index (χ2n) is 6.75. The van der Waals surface area contributed by atoms with Gasteiger partial charge < -0.3 is 15.0 Å². The number of nitrogens with two attached hydrogens (primary N) is 1. The molecule has 0 bridgehead atoms. The van der Waals surface area contributed by atoms with Gasteiger partial charge in [-0.15, -0.1) is 0 Å². The third-order valence-corrected chi connectivity index (χ3v) is 4.65. The lowest BCUT2D eigenvalue weighted by Crippen LogP contribution is -2.41. The van der Waals surface area contributed by atoms with Crippen molar-refractivity contribution in [3.8, 4) is 0 Å². The Morgan fingerprint density at radius 2 is 1.68 bits per heavy atom. The quantitative estimate of drug-likeness (QED) is 0.655. The third-order valence-electron chi connectivity index (χ3n) is 4.65. The highest BCUT2D eigenvalue weighted by Gasteiger charge is 2.51. The maximum absolute atomic E-state index is 6.15. The van der Waals surface area contributed by atoms with Crippen molar-refractivity contribution in [2.75, 3.05) is 5.73 Å². The Bertz CT molecular complexity index is 493. The largest absolute Gasteiger partial charge is 0.494 e. The van der Waals surface area contributed by atoms with Gasteiger partial charge in [-0.25, -0.2) is 0 Å². The van der Waals surface area contributed by atoms with E-state index in [-0.39, 0.29) is 18.3 Å². The van der Waals surface area contributed by atoms with E-state index in [4.69, 9.17) is 15.0 Å². The first-order valence-electron chi connectivity index (χ1n) is 7.05. The number of hydrogen-bond acceptors (Lipinski definition) is 3. The highest BCUT2D eigenvalue weighted by atomic mass is 16.7. The summed E-state index contributed by atoms with van der Waals surface area (Å²) in [4.78, 5) is 0. The molecule has 3 rings (SSSR count). The number of nitrogen functional groups attached to an aromatic ring is 1. The predicted molar refractivity (Wildman–Crippen MR) is 78.5 cm³/mol. The van der Waals surface area contributed by atoms with Gasteiger partial charge in [0, 0.05) is 5.69 Å². The normalized spacial score (nSPS) is 24.7. The van der Waals surface area contributed by atoms with E-state index in [1.807, 2.05) is 6.07 Å². The fraction of sp³-hybridized carbons (Fsp3) is 0.600. The predicted octanol–water partition coefficient (Wildman–Crippen LogP) is 2.45. The highest BCUT2D eigenvalue weighted by Crippen LogP contribution is 2.42. The lowest BCUT2D eigenvalue weighted by molar-refractivity contribution is 0.00578. The molecule has 0 atom stereocenters. The standard InChI is InChI=1S/C15H22BNO2/c1-14(2)15(3,4)19-16(18-14)11-7-8-12(10-5-6-10)13(17)9-11/h7-10H,5-6,17H2,1-4H3. The molecule has 1 aromatic rings. The number of anilines is 1. The van der Waals surface area contributed by atoms with Crippen molar-refractivity contribution in [2.24, 2.45) is 0 Å². The molecule has 1 aliphatic heterocycles. The molecule has 0 radical (unpaired) electrons. The molecule has 2 N–H and O–H groups in total. The molecule has 0 aromatic heterocycles. The van der Waals surface area contributed by atoms with Crippen molar-refractivity contribution in [3.05, 3.63) is 23.8 Å². The van der Waals surface area contributed by atoms with E-state index in [1.165, 1.54) is 18.4 Å². The third kappa shape index (κ3) is 2.17. The molecule has 4 heteroatoms.